The standard InChI is InChI=1S/C33H26F2N6O4S/c1-37-33(42)30-21-13-20(26(40(2)46(3,43)44)15-28(21)45-32(30)17-7-9-18(34)10-8-17)23-11-12-24-31(39-23)27-14-19-22(35)5-4-6-25(19)41(27)29(16-36)38-24/h4-15H,16,36H2,1-3H3,(H,37,42). The second kappa shape index (κ2) is 10.6. The van der Waals surface area contributed by atoms with Crippen LogP contribution in [0.1, 0.15) is 16.2 Å². The van der Waals surface area contributed by atoms with Gasteiger partial charge in [0.25, 0.3) is 5.91 Å². The van der Waals surface area contributed by atoms with E-state index in [1.165, 1.54) is 50.5 Å². The first kappa shape index (κ1) is 29.3. The summed E-state index contributed by atoms with van der Waals surface area (Å²) >= 11 is 0. The van der Waals surface area contributed by atoms with Crippen LogP contribution in [-0.4, -0.2) is 49.0 Å². The number of nitrogens with two attached hydrogens (primary N) is 1. The Bertz CT molecular complexity index is 2490. The summed E-state index contributed by atoms with van der Waals surface area (Å²) in [5.41, 5.74) is 9.98. The first-order valence-electron chi connectivity index (χ1n) is 14.1. The monoisotopic (exact) mass is 640 g/mol. The molecule has 0 saturated carbocycles. The molecule has 7 aromatic rings. The molecule has 1 amide bonds. The molecule has 0 aliphatic rings. The third-order valence-electron chi connectivity index (χ3n) is 8.08. The van der Waals surface area contributed by atoms with Gasteiger partial charge < -0.3 is 15.5 Å². The van der Waals surface area contributed by atoms with Gasteiger partial charge in [-0.1, -0.05) is 6.07 Å². The molecular formula is C33H26F2N6O4S. The van der Waals surface area contributed by atoms with E-state index in [9.17, 15) is 22.0 Å². The van der Waals surface area contributed by atoms with Crippen molar-refractivity contribution in [3.8, 4) is 22.6 Å². The van der Waals surface area contributed by atoms with E-state index >= 15 is 0 Å². The number of sulfonamides is 1. The number of rotatable bonds is 6. The van der Waals surface area contributed by atoms with Gasteiger partial charge in [0.2, 0.25) is 10.0 Å². The average molecular weight is 641 g/mol. The maximum Gasteiger partial charge on any atom is 0.255 e. The van der Waals surface area contributed by atoms with Crippen molar-refractivity contribution in [1.29, 1.82) is 0 Å². The first-order chi connectivity index (χ1) is 22.0. The predicted molar refractivity (Wildman–Crippen MR) is 173 cm³/mol. The minimum Gasteiger partial charge on any atom is -0.455 e. The highest BCUT2D eigenvalue weighted by molar-refractivity contribution is 7.92. The van der Waals surface area contributed by atoms with E-state index in [2.05, 4.69) is 5.32 Å². The number of hydrogen-bond acceptors (Lipinski definition) is 7. The quantitative estimate of drug-likeness (QED) is 0.241. The number of anilines is 1. The lowest BCUT2D eigenvalue weighted by atomic mass is 10.0. The van der Waals surface area contributed by atoms with Crippen LogP contribution in [0, 0.1) is 11.6 Å². The van der Waals surface area contributed by atoms with Crippen molar-refractivity contribution >= 4 is 60.0 Å². The molecule has 0 aliphatic carbocycles. The molecule has 0 aliphatic heterocycles. The summed E-state index contributed by atoms with van der Waals surface area (Å²) in [6.07, 6.45) is 1.07. The van der Waals surface area contributed by atoms with E-state index in [4.69, 9.17) is 20.1 Å². The summed E-state index contributed by atoms with van der Waals surface area (Å²) in [7, 11) is -0.893. The number of amides is 1. The second-order valence-electron chi connectivity index (χ2n) is 10.8. The molecule has 7 rings (SSSR count). The van der Waals surface area contributed by atoms with Crippen molar-refractivity contribution in [2.45, 2.75) is 6.54 Å². The van der Waals surface area contributed by atoms with Crippen LogP contribution in [0.2, 0.25) is 0 Å². The number of hydrogen-bond donors (Lipinski definition) is 2. The molecule has 3 N–H and O–H groups in total. The highest BCUT2D eigenvalue weighted by Crippen LogP contribution is 2.41. The van der Waals surface area contributed by atoms with Crippen LogP contribution in [0.4, 0.5) is 14.5 Å². The van der Waals surface area contributed by atoms with Gasteiger partial charge >= 0.3 is 0 Å². The third-order valence-corrected chi connectivity index (χ3v) is 9.27. The number of aromatic nitrogens is 3. The van der Waals surface area contributed by atoms with Crippen LogP contribution < -0.4 is 15.4 Å². The number of nitrogens with one attached hydrogen (secondary N) is 1. The zero-order valence-electron chi connectivity index (χ0n) is 24.8. The van der Waals surface area contributed by atoms with Gasteiger partial charge in [-0.15, -0.1) is 0 Å². The Morgan fingerprint density at radius 1 is 1.00 bits per heavy atom. The Balaban J connectivity index is 1.56. The van der Waals surface area contributed by atoms with Crippen LogP contribution in [0.5, 0.6) is 0 Å². The minimum absolute atomic E-state index is 0.0909. The summed E-state index contributed by atoms with van der Waals surface area (Å²) in [6, 6.07) is 18.5. The van der Waals surface area contributed by atoms with E-state index in [1.54, 1.807) is 40.8 Å². The zero-order valence-corrected chi connectivity index (χ0v) is 25.6. The number of carbonyl (C=O) groups excluding carboxylic acids is 1. The molecular weight excluding hydrogens is 614 g/mol. The third kappa shape index (κ3) is 4.54. The normalized spacial score (nSPS) is 12.0. The van der Waals surface area contributed by atoms with E-state index in [0.717, 1.165) is 10.6 Å². The molecule has 10 nitrogen and oxygen atoms in total. The molecule has 0 spiro atoms. The van der Waals surface area contributed by atoms with Gasteiger partial charge in [-0.3, -0.25) is 13.5 Å². The molecule has 0 fully saturated rings. The van der Waals surface area contributed by atoms with Gasteiger partial charge in [0, 0.05) is 42.1 Å². The Morgan fingerprint density at radius 2 is 1.76 bits per heavy atom. The lowest BCUT2D eigenvalue weighted by Gasteiger charge is -2.20. The topological polar surface area (TPSA) is 136 Å². The molecule has 13 heteroatoms. The van der Waals surface area contributed by atoms with Crippen LogP contribution in [0.25, 0.3) is 61.0 Å². The number of nitrogens with zero attached hydrogens (tertiary/aromatic N) is 4. The Kier molecular flexibility index (Phi) is 6.76. The second-order valence-corrected chi connectivity index (χ2v) is 12.8. The van der Waals surface area contributed by atoms with Gasteiger partial charge in [-0.25, -0.2) is 27.2 Å². The molecule has 232 valence electrons. The molecule has 0 radical (unpaired) electrons. The Morgan fingerprint density at radius 3 is 2.46 bits per heavy atom. The number of fused-ring (bicyclic) bond motifs is 6. The van der Waals surface area contributed by atoms with E-state index in [-0.39, 0.29) is 29.1 Å². The lowest BCUT2D eigenvalue weighted by molar-refractivity contribution is 0.0964. The Labute approximate surface area is 261 Å². The van der Waals surface area contributed by atoms with E-state index < -0.39 is 27.6 Å². The first-order valence-corrected chi connectivity index (χ1v) is 16.0. The maximum absolute atomic E-state index is 14.9. The molecule has 3 aromatic carbocycles. The fourth-order valence-electron chi connectivity index (χ4n) is 5.78. The van der Waals surface area contributed by atoms with Crippen molar-refractivity contribution in [2.24, 2.45) is 5.73 Å². The van der Waals surface area contributed by atoms with Gasteiger partial charge in [0.15, 0.2) is 0 Å². The van der Waals surface area contributed by atoms with Gasteiger partial charge in [-0.05, 0) is 60.7 Å². The smallest absolute Gasteiger partial charge is 0.255 e. The van der Waals surface area contributed by atoms with Gasteiger partial charge in [0.1, 0.15) is 34.3 Å². The van der Waals surface area contributed by atoms with Crippen molar-refractivity contribution in [2.75, 3.05) is 24.7 Å². The fourth-order valence-corrected chi connectivity index (χ4v) is 6.29. The molecule has 0 bridgehead atoms. The maximum atomic E-state index is 14.9. The van der Waals surface area contributed by atoms with Crippen LogP contribution in [-0.2, 0) is 16.6 Å². The zero-order chi connectivity index (χ0) is 32.5. The van der Waals surface area contributed by atoms with Crippen molar-refractivity contribution < 1.29 is 26.4 Å². The average Bonchev–Trinajstić information content (AvgIpc) is 3.63. The lowest BCUT2D eigenvalue weighted by Crippen LogP contribution is -2.25. The summed E-state index contributed by atoms with van der Waals surface area (Å²) in [6.45, 7) is 0.0909. The summed E-state index contributed by atoms with van der Waals surface area (Å²) in [5.74, 6) is -0.619. The predicted octanol–water partition coefficient (Wildman–Crippen LogP) is 5.61. The summed E-state index contributed by atoms with van der Waals surface area (Å²) in [5, 5.41) is 3.39. The van der Waals surface area contributed by atoms with Crippen molar-refractivity contribution in [3.05, 3.63) is 95.8 Å². The molecule has 4 heterocycles. The number of benzene rings is 3. The van der Waals surface area contributed by atoms with Crippen LogP contribution in [0.15, 0.2) is 77.2 Å². The fraction of sp³-hybridized carbons (Fsp3) is 0.121. The van der Waals surface area contributed by atoms with Gasteiger partial charge in [-0.2, -0.15) is 0 Å². The van der Waals surface area contributed by atoms with Gasteiger partial charge in [0.05, 0.1) is 46.3 Å². The molecule has 0 atom stereocenters. The number of halogens is 2. The van der Waals surface area contributed by atoms with Crippen molar-refractivity contribution in [1.82, 2.24) is 19.7 Å². The highest BCUT2D eigenvalue weighted by Gasteiger charge is 2.27. The highest BCUT2D eigenvalue weighted by atomic mass is 32.2. The largest absolute Gasteiger partial charge is 0.455 e. The molecule has 4 aromatic heterocycles. The number of furan rings is 1. The Hall–Kier alpha value is -5.40. The number of carbonyl (C=O) groups is 1. The van der Waals surface area contributed by atoms with Crippen molar-refractivity contribution in [3.63, 3.8) is 0 Å². The summed E-state index contributed by atoms with van der Waals surface area (Å²) in [4.78, 5) is 22.9. The number of pyridine rings is 1. The molecule has 46 heavy (non-hydrogen) atoms. The van der Waals surface area contributed by atoms with Crippen LogP contribution >= 0.6 is 0 Å². The molecule has 0 unspecified atom stereocenters. The minimum atomic E-state index is -3.77. The van der Waals surface area contributed by atoms with E-state index in [1.807, 2.05) is 0 Å². The summed E-state index contributed by atoms with van der Waals surface area (Å²) < 4.78 is 63.3. The SMILES string of the molecule is CNC(=O)c1c(-c2ccc(F)cc2)oc2cc(N(C)S(C)(=O)=O)c(-c3ccc4nc(CN)n5c6cccc(F)c6cc5c4n3)cc12. The van der Waals surface area contributed by atoms with E-state index in [0.29, 0.717) is 55.5 Å². The van der Waals surface area contributed by atoms with Crippen LogP contribution in [0.3, 0.4) is 0 Å². The molecule has 0 saturated heterocycles.